The van der Waals surface area contributed by atoms with Gasteiger partial charge in [0.05, 0.1) is 6.04 Å². The lowest BCUT2D eigenvalue weighted by Crippen LogP contribution is -2.36. The molecule has 5 heteroatoms. The highest BCUT2D eigenvalue weighted by atomic mass is 19.1. The van der Waals surface area contributed by atoms with Gasteiger partial charge in [-0.3, -0.25) is 4.79 Å². The fourth-order valence-corrected chi connectivity index (χ4v) is 1.12. The van der Waals surface area contributed by atoms with Crippen LogP contribution in [0.15, 0.2) is 36.7 Å². The number of amides is 1. The van der Waals surface area contributed by atoms with Crippen LogP contribution in [0.2, 0.25) is 0 Å². The topological polar surface area (TPSA) is 38.3 Å². The van der Waals surface area contributed by atoms with Gasteiger partial charge < -0.3 is 10.1 Å². The van der Waals surface area contributed by atoms with Crippen LogP contribution in [0.1, 0.15) is 6.92 Å². The third kappa shape index (κ3) is 4.22. The second-order valence-electron chi connectivity index (χ2n) is 3.52. The molecule has 92 valence electrons. The molecule has 1 rings (SSSR count). The van der Waals surface area contributed by atoms with Gasteiger partial charge in [-0.05, 0) is 19.1 Å². The highest BCUT2D eigenvalue weighted by molar-refractivity contribution is 5.90. The van der Waals surface area contributed by atoms with Crippen LogP contribution in [-0.2, 0) is 4.79 Å². The molecule has 0 saturated carbocycles. The summed E-state index contributed by atoms with van der Waals surface area (Å²) in [7, 11) is 0. The molecule has 0 fully saturated rings. The quantitative estimate of drug-likeness (QED) is 0.802. The summed E-state index contributed by atoms with van der Waals surface area (Å²) in [6.07, 6.45) is 0. The lowest BCUT2D eigenvalue weighted by atomic mass is 10.3. The van der Waals surface area contributed by atoms with E-state index in [2.05, 4.69) is 11.9 Å². The molecule has 0 heterocycles. The molecule has 1 N–H and O–H groups in total. The summed E-state index contributed by atoms with van der Waals surface area (Å²) < 4.78 is 30.7. The maximum Gasteiger partial charge on any atom is 0.279 e. The minimum absolute atomic E-state index is 0.0416. The van der Waals surface area contributed by atoms with Gasteiger partial charge in [0.25, 0.3) is 5.91 Å². The van der Waals surface area contributed by atoms with E-state index in [0.29, 0.717) is 0 Å². The molecule has 0 aliphatic heterocycles. The van der Waals surface area contributed by atoms with Crippen molar-refractivity contribution in [3.8, 4) is 5.75 Å². The Labute approximate surface area is 98.1 Å². The SMILES string of the molecule is C=C(F)C(=O)NC(C)COc1ccccc1F. The average molecular weight is 241 g/mol. The van der Waals surface area contributed by atoms with Crippen molar-refractivity contribution in [1.29, 1.82) is 0 Å². The van der Waals surface area contributed by atoms with E-state index in [1.54, 1.807) is 19.1 Å². The molecule has 0 aliphatic rings. The fourth-order valence-electron chi connectivity index (χ4n) is 1.12. The molecule has 0 aliphatic carbocycles. The predicted octanol–water partition coefficient (Wildman–Crippen LogP) is 2.19. The molecule has 0 radical (unpaired) electrons. The van der Waals surface area contributed by atoms with Gasteiger partial charge >= 0.3 is 0 Å². The molecule has 0 saturated heterocycles. The number of benzene rings is 1. The monoisotopic (exact) mass is 241 g/mol. The first-order chi connectivity index (χ1) is 8.00. The number of rotatable bonds is 5. The molecule has 1 atom stereocenters. The maximum atomic E-state index is 13.1. The third-order valence-corrected chi connectivity index (χ3v) is 1.95. The van der Waals surface area contributed by atoms with Gasteiger partial charge in [0.1, 0.15) is 6.61 Å². The summed E-state index contributed by atoms with van der Waals surface area (Å²) in [4.78, 5) is 10.9. The maximum absolute atomic E-state index is 13.1. The predicted molar refractivity (Wildman–Crippen MR) is 59.7 cm³/mol. The molecule has 0 spiro atoms. The average Bonchev–Trinajstić information content (AvgIpc) is 2.27. The Morgan fingerprint density at radius 2 is 2.18 bits per heavy atom. The van der Waals surface area contributed by atoms with Crippen molar-refractivity contribution in [1.82, 2.24) is 5.32 Å². The summed E-state index contributed by atoms with van der Waals surface area (Å²) in [5, 5.41) is 2.31. The molecular weight excluding hydrogens is 228 g/mol. The minimum Gasteiger partial charge on any atom is -0.488 e. The Morgan fingerprint density at radius 3 is 2.76 bits per heavy atom. The van der Waals surface area contributed by atoms with Crippen molar-refractivity contribution in [2.45, 2.75) is 13.0 Å². The van der Waals surface area contributed by atoms with Gasteiger partial charge in [0, 0.05) is 0 Å². The molecule has 1 aromatic rings. The van der Waals surface area contributed by atoms with Gasteiger partial charge in [-0.15, -0.1) is 0 Å². The Morgan fingerprint density at radius 1 is 1.53 bits per heavy atom. The van der Waals surface area contributed by atoms with E-state index in [-0.39, 0.29) is 12.4 Å². The first-order valence-electron chi connectivity index (χ1n) is 5.03. The van der Waals surface area contributed by atoms with Gasteiger partial charge in [0.15, 0.2) is 17.4 Å². The van der Waals surface area contributed by atoms with E-state index in [1.807, 2.05) is 0 Å². The zero-order valence-corrected chi connectivity index (χ0v) is 9.37. The number of halogens is 2. The molecule has 1 unspecified atom stereocenters. The van der Waals surface area contributed by atoms with Crippen molar-refractivity contribution in [2.75, 3.05) is 6.61 Å². The van der Waals surface area contributed by atoms with Crippen molar-refractivity contribution < 1.29 is 18.3 Å². The molecular formula is C12H13F2NO2. The lowest BCUT2D eigenvalue weighted by molar-refractivity contribution is -0.119. The van der Waals surface area contributed by atoms with E-state index in [1.165, 1.54) is 12.1 Å². The molecule has 17 heavy (non-hydrogen) atoms. The molecule has 0 aromatic heterocycles. The Kier molecular flexibility index (Phi) is 4.63. The smallest absolute Gasteiger partial charge is 0.279 e. The van der Waals surface area contributed by atoms with Crippen LogP contribution >= 0.6 is 0 Å². The van der Waals surface area contributed by atoms with E-state index in [4.69, 9.17) is 4.74 Å². The summed E-state index contributed by atoms with van der Waals surface area (Å²) >= 11 is 0. The number of carbonyl (C=O) groups is 1. The van der Waals surface area contributed by atoms with Crippen LogP contribution in [0.3, 0.4) is 0 Å². The first kappa shape index (κ1) is 13.2. The number of ether oxygens (including phenoxy) is 1. The van der Waals surface area contributed by atoms with Gasteiger partial charge in [-0.2, -0.15) is 0 Å². The van der Waals surface area contributed by atoms with Crippen molar-refractivity contribution in [3.05, 3.63) is 42.5 Å². The van der Waals surface area contributed by atoms with Crippen molar-refractivity contribution in [3.63, 3.8) is 0 Å². The first-order valence-corrected chi connectivity index (χ1v) is 5.03. The van der Waals surface area contributed by atoms with Crippen LogP contribution in [0, 0.1) is 5.82 Å². The van der Waals surface area contributed by atoms with Crippen LogP contribution in [0.25, 0.3) is 0 Å². The summed E-state index contributed by atoms with van der Waals surface area (Å²) in [5.41, 5.74) is 0. The zero-order chi connectivity index (χ0) is 12.8. The van der Waals surface area contributed by atoms with E-state index < -0.39 is 23.6 Å². The normalized spacial score (nSPS) is 11.7. The van der Waals surface area contributed by atoms with Crippen molar-refractivity contribution in [2.24, 2.45) is 0 Å². The highest BCUT2D eigenvalue weighted by Gasteiger charge is 2.11. The second kappa shape index (κ2) is 5.98. The van der Waals surface area contributed by atoms with Gasteiger partial charge in [-0.25, -0.2) is 8.78 Å². The minimum atomic E-state index is -1.07. The van der Waals surface area contributed by atoms with Crippen LogP contribution < -0.4 is 10.1 Å². The van der Waals surface area contributed by atoms with Crippen LogP contribution in [-0.4, -0.2) is 18.6 Å². The standard InChI is InChI=1S/C12H13F2NO2/c1-8(15-12(16)9(2)13)7-17-11-6-4-3-5-10(11)14/h3-6,8H,2,7H2,1H3,(H,15,16). The third-order valence-electron chi connectivity index (χ3n) is 1.95. The molecule has 3 nitrogen and oxygen atoms in total. The van der Waals surface area contributed by atoms with Gasteiger partial charge in [-0.1, -0.05) is 18.7 Å². The largest absolute Gasteiger partial charge is 0.488 e. The Balaban J connectivity index is 2.43. The number of hydrogen-bond acceptors (Lipinski definition) is 2. The van der Waals surface area contributed by atoms with Crippen LogP contribution in [0.4, 0.5) is 8.78 Å². The molecule has 1 aromatic carbocycles. The molecule has 1 amide bonds. The zero-order valence-electron chi connectivity index (χ0n) is 9.37. The van der Waals surface area contributed by atoms with Crippen molar-refractivity contribution >= 4 is 5.91 Å². The Bertz CT molecular complexity index is 421. The number of carbonyl (C=O) groups excluding carboxylic acids is 1. The van der Waals surface area contributed by atoms with Gasteiger partial charge in [0.2, 0.25) is 0 Å². The summed E-state index contributed by atoms with van der Waals surface area (Å²) in [6, 6.07) is 5.46. The number of nitrogens with one attached hydrogen (secondary N) is 1. The highest BCUT2D eigenvalue weighted by Crippen LogP contribution is 2.15. The Hall–Kier alpha value is -1.91. The van der Waals surface area contributed by atoms with E-state index in [9.17, 15) is 13.6 Å². The summed E-state index contributed by atoms with van der Waals surface area (Å²) in [6.45, 7) is 4.52. The van der Waals surface area contributed by atoms with E-state index in [0.717, 1.165) is 0 Å². The number of para-hydroxylation sites is 1. The molecule has 0 bridgehead atoms. The lowest BCUT2D eigenvalue weighted by Gasteiger charge is -2.14. The summed E-state index contributed by atoms with van der Waals surface area (Å²) in [5.74, 6) is -2.36. The second-order valence-corrected chi connectivity index (χ2v) is 3.52. The van der Waals surface area contributed by atoms with E-state index >= 15 is 0 Å². The number of hydrogen-bond donors (Lipinski definition) is 1. The van der Waals surface area contributed by atoms with Crippen LogP contribution in [0.5, 0.6) is 5.75 Å². The fraction of sp³-hybridized carbons (Fsp3) is 0.250.